The van der Waals surface area contributed by atoms with Crippen LogP contribution < -0.4 is 5.56 Å². The van der Waals surface area contributed by atoms with E-state index in [9.17, 15) is 14.4 Å². The van der Waals surface area contributed by atoms with E-state index in [-0.39, 0.29) is 23.9 Å². The Morgan fingerprint density at radius 2 is 1.60 bits per heavy atom. The first kappa shape index (κ1) is 22.0. The summed E-state index contributed by atoms with van der Waals surface area (Å²) in [5.74, 6) is 1.95. The second-order valence-corrected chi connectivity index (χ2v) is 9.78. The molecule has 1 aromatic carbocycles. The summed E-state index contributed by atoms with van der Waals surface area (Å²) in [6, 6.07) is 10.5. The molecule has 180 valence electrons. The van der Waals surface area contributed by atoms with Gasteiger partial charge < -0.3 is 9.40 Å². The second kappa shape index (κ2) is 8.92. The van der Waals surface area contributed by atoms with Crippen LogP contribution in [0.3, 0.4) is 0 Å². The standard InChI is InChI=1S/C27H28N4O4/c32-25-22-16-30(13-12-23(22)28-24(29-25)17-6-2-1-3-7-17)14-18-10-11-19(35-18)15-31-26(33)20-8-4-5-9-21(20)27(31)34/h4-5,8-11,17H,1-3,6-7,12-16H2,(H,28,29,32). The first-order valence-corrected chi connectivity index (χ1v) is 12.4. The fourth-order valence-corrected chi connectivity index (χ4v) is 5.56. The van der Waals surface area contributed by atoms with Crippen LogP contribution in [-0.4, -0.2) is 38.1 Å². The normalized spacial score (nSPS) is 18.7. The van der Waals surface area contributed by atoms with Crippen molar-refractivity contribution in [1.82, 2.24) is 19.8 Å². The Morgan fingerprint density at radius 3 is 2.31 bits per heavy atom. The Bertz CT molecular complexity index is 1320. The van der Waals surface area contributed by atoms with Gasteiger partial charge in [-0.05, 0) is 37.1 Å². The third-order valence-corrected chi connectivity index (χ3v) is 7.45. The van der Waals surface area contributed by atoms with Crippen molar-refractivity contribution in [2.24, 2.45) is 0 Å². The van der Waals surface area contributed by atoms with Crippen molar-refractivity contribution in [1.29, 1.82) is 0 Å². The van der Waals surface area contributed by atoms with E-state index in [2.05, 4.69) is 9.88 Å². The molecule has 2 aromatic heterocycles. The number of rotatable bonds is 5. The first-order valence-electron chi connectivity index (χ1n) is 12.4. The molecule has 3 aromatic rings. The Morgan fingerprint density at radius 1 is 0.914 bits per heavy atom. The molecule has 1 N–H and O–H groups in total. The molecule has 0 saturated heterocycles. The summed E-state index contributed by atoms with van der Waals surface area (Å²) in [7, 11) is 0. The zero-order valence-corrected chi connectivity index (χ0v) is 19.6. The molecule has 0 radical (unpaired) electrons. The highest BCUT2D eigenvalue weighted by atomic mass is 16.3. The molecule has 0 atom stereocenters. The number of furan rings is 1. The molecule has 0 spiro atoms. The maximum atomic E-state index is 12.9. The smallest absolute Gasteiger partial charge is 0.261 e. The van der Waals surface area contributed by atoms with Crippen LogP contribution in [0, 0.1) is 0 Å². The summed E-state index contributed by atoms with van der Waals surface area (Å²) in [4.78, 5) is 49.4. The molecule has 4 heterocycles. The van der Waals surface area contributed by atoms with E-state index < -0.39 is 0 Å². The number of H-pyrrole nitrogens is 1. The highest BCUT2D eigenvalue weighted by Crippen LogP contribution is 2.31. The molecule has 35 heavy (non-hydrogen) atoms. The van der Waals surface area contributed by atoms with Gasteiger partial charge in [0.15, 0.2) is 0 Å². The van der Waals surface area contributed by atoms with Gasteiger partial charge in [-0.2, -0.15) is 0 Å². The van der Waals surface area contributed by atoms with Gasteiger partial charge in [0.05, 0.1) is 35.5 Å². The quantitative estimate of drug-likeness (QED) is 0.568. The van der Waals surface area contributed by atoms with Crippen LogP contribution in [-0.2, 0) is 26.1 Å². The van der Waals surface area contributed by atoms with Gasteiger partial charge >= 0.3 is 0 Å². The van der Waals surface area contributed by atoms with Crippen LogP contribution in [0.5, 0.6) is 0 Å². The van der Waals surface area contributed by atoms with Crippen molar-refractivity contribution < 1.29 is 14.0 Å². The highest BCUT2D eigenvalue weighted by molar-refractivity contribution is 6.21. The van der Waals surface area contributed by atoms with Crippen LogP contribution in [0.2, 0.25) is 0 Å². The number of carbonyl (C=O) groups is 2. The van der Waals surface area contributed by atoms with Gasteiger partial charge in [-0.25, -0.2) is 4.98 Å². The number of amides is 2. The van der Waals surface area contributed by atoms with E-state index in [1.165, 1.54) is 24.2 Å². The Labute approximate surface area is 203 Å². The number of benzene rings is 1. The van der Waals surface area contributed by atoms with Crippen LogP contribution in [0.25, 0.3) is 0 Å². The van der Waals surface area contributed by atoms with Gasteiger partial charge in [-0.3, -0.25) is 24.2 Å². The summed E-state index contributed by atoms with van der Waals surface area (Å²) < 4.78 is 5.97. The van der Waals surface area contributed by atoms with Crippen molar-refractivity contribution in [2.75, 3.05) is 6.54 Å². The largest absolute Gasteiger partial charge is 0.463 e. The molecule has 8 heteroatoms. The fraction of sp³-hybridized carbons (Fsp3) is 0.407. The molecule has 1 fully saturated rings. The van der Waals surface area contributed by atoms with Crippen LogP contribution in [0.15, 0.2) is 45.6 Å². The summed E-state index contributed by atoms with van der Waals surface area (Å²) in [5, 5.41) is 0. The first-order chi connectivity index (χ1) is 17.1. The summed E-state index contributed by atoms with van der Waals surface area (Å²) >= 11 is 0. The number of imide groups is 1. The minimum Gasteiger partial charge on any atom is -0.463 e. The van der Waals surface area contributed by atoms with E-state index in [0.717, 1.165) is 48.6 Å². The number of aromatic amines is 1. The topological polar surface area (TPSA) is 99.5 Å². The molecule has 0 bridgehead atoms. The third kappa shape index (κ3) is 4.12. The summed E-state index contributed by atoms with van der Waals surface area (Å²) in [6.45, 7) is 1.97. The predicted molar refractivity (Wildman–Crippen MR) is 128 cm³/mol. The zero-order valence-electron chi connectivity index (χ0n) is 19.6. The average Bonchev–Trinajstić information content (AvgIpc) is 3.43. The predicted octanol–water partition coefficient (Wildman–Crippen LogP) is 3.77. The SMILES string of the molecule is O=C1c2ccccc2C(=O)N1Cc1ccc(CN2CCc3nc(C4CCCCC4)[nH]c(=O)c3C2)o1. The fourth-order valence-electron chi connectivity index (χ4n) is 5.56. The Kier molecular flexibility index (Phi) is 5.60. The highest BCUT2D eigenvalue weighted by Gasteiger charge is 2.35. The molecule has 6 rings (SSSR count). The van der Waals surface area contributed by atoms with Crippen LogP contribution >= 0.6 is 0 Å². The molecule has 1 saturated carbocycles. The molecule has 8 nitrogen and oxygen atoms in total. The van der Waals surface area contributed by atoms with Crippen molar-refractivity contribution >= 4 is 11.8 Å². The van der Waals surface area contributed by atoms with Gasteiger partial charge in [0, 0.05) is 25.4 Å². The Hall–Kier alpha value is -3.52. The minimum absolute atomic E-state index is 0.0222. The average molecular weight is 473 g/mol. The zero-order chi connectivity index (χ0) is 23.9. The lowest BCUT2D eigenvalue weighted by Crippen LogP contribution is -2.36. The van der Waals surface area contributed by atoms with E-state index in [1.54, 1.807) is 24.3 Å². The lowest BCUT2D eigenvalue weighted by Gasteiger charge is -2.28. The van der Waals surface area contributed by atoms with Gasteiger partial charge in [0.1, 0.15) is 17.3 Å². The second-order valence-electron chi connectivity index (χ2n) is 9.78. The number of hydrogen-bond donors (Lipinski definition) is 1. The van der Waals surface area contributed by atoms with Gasteiger partial charge in [0.25, 0.3) is 17.4 Å². The van der Waals surface area contributed by atoms with Gasteiger partial charge in [-0.1, -0.05) is 31.4 Å². The monoisotopic (exact) mass is 472 g/mol. The molecular formula is C27H28N4O4. The van der Waals surface area contributed by atoms with Crippen molar-refractivity contribution in [3.05, 3.63) is 86.5 Å². The molecular weight excluding hydrogens is 444 g/mol. The maximum Gasteiger partial charge on any atom is 0.261 e. The summed E-state index contributed by atoms with van der Waals surface area (Å²) in [6.07, 6.45) is 6.63. The number of nitrogens with one attached hydrogen (secondary N) is 1. The molecule has 3 aliphatic rings. The van der Waals surface area contributed by atoms with Crippen molar-refractivity contribution in [3.8, 4) is 0 Å². The Balaban J connectivity index is 1.12. The van der Waals surface area contributed by atoms with E-state index in [0.29, 0.717) is 35.9 Å². The van der Waals surface area contributed by atoms with E-state index in [4.69, 9.17) is 9.40 Å². The number of carbonyl (C=O) groups excluding carboxylic acids is 2. The van der Waals surface area contributed by atoms with Gasteiger partial charge in [-0.15, -0.1) is 0 Å². The molecule has 2 amide bonds. The van der Waals surface area contributed by atoms with Crippen LogP contribution in [0.1, 0.15) is 87.3 Å². The van der Waals surface area contributed by atoms with Crippen LogP contribution in [0.4, 0.5) is 0 Å². The number of aromatic nitrogens is 2. The van der Waals surface area contributed by atoms with Crippen molar-refractivity contribution in [2.45, 2.75) is 64.1 Å². The van der Waals surface area contributed by atoms with Gasteiger partial charge in [0.2, 0.25) is 0 Å². The lowest BCUT2D eigenvalue weighted by molar-refractivity contribution is 0.0630. The lowest BCUT2D eigenvalue weighted by atomic mass is 9.88. The number of hydrogen-bond acceptors (Lipinski definition) is 6. The molecule has 2 aliphatic heterocycles. The third-order valence-electron chi connectivity index (χ3n) is 7.45. The number of fused-ring (bicyclic) bond motifs is 2. The van der Waals surface area contributed by atoms with E-state index >= 15 is 0 Å². The number of nitrogens with zero attached hydrogens (tertiary/aromatic N) is 3. The van der Waals surface area contributed by atoms with Crippen molar-refractivity contribution in [3.63, 3.8) is 0 Å². The minimum atomic E-state index is -0.296. The van der Waals surface area contributed by atoms with E-state index in [1.807, 2.05) is 12.1 Å². The summed E-state index contributed by atoms with van der Waals surface area (Å²) in [5.41, 5.74) is 2.51. The molecule has 0 unspecified atom stereocenters. The molecule has 1 aliphatic carbocycles. The maximum absolute atomic E-state index is 12.9.